The number of rotatable bonds is 5. The van der Waals surface area contributed by atoms with Crippen LogP contribution in [0.5, 0.6) is 0 Å². The average Bonchev–Trinajstić information content (AvgIpc) is 2.18. The molecule has 15 heavy (non-hydrogen) atoms. The third kappa shape index (κ3) is 3.41. The van der Waals surface area contributed by atoms with Gasteiger partial charge in [-0.15, -0.1) is 0 Å². The lowest BCUT2D eigenvalue weighted by Gasteiger charge is -2.03. The van der Waals surface area contributed by atoms with Crippen LogP contribution in [0.15, 0.2) is 34.3 Å². The second-order valence-electron chi connectivity index (χ2n) is 2.94. The van der Waals surface area contributed by atoms with Crippen LogP contribution in [-0.4, -0.2) is 21.6 Å². The molecule has 1 aromatic rings. The van der Waals surface area contributed by atoms with Crippen LogP contribution in [0.1, 0.15) is 5.56 Å². The van der Waals surface area contributed by atoms with Crippen LogP contribution in [0.4, 0.5) is 0 Å². The Bertz CT molecular complexity index is 424. The van der Waals surface area contributed by atoms with Crippen molar-refractivity contribution in [2.45, 2.75) is 11.8 Å². The summed E-state index contributed by atoms with van der Waals surface area (Å²) < 4.78 is 27.5. The fourth-order valence-corrected chi connectivity index (χ4v) is 1.86. The fraction of sp³-hybridized carbons (Fsp3) is 0.333. The summed E-state index contributed by atoms with van der Waals surface area (Å²) in [5, 5.41) is 2.51. The number of nitrogens with zero attached hydrogens (tertiary/aromatic N) is 1. The van der Waals surface area contributed by atoms with Crippen LogP contribution in [-0.2, 0) is 14.3 Å². The summed E-state index contributed by atoms with van der Waals surface area (Å²) in [6.45, 7) is 1.46. The normalized spacial score (nSPS) is 11.3. The van der Waals surface area contributed by atoms with Gasteiger partial charge in [-0.2, -0.15) is 13.3 Å². The molecule has 1 aromatic carbocycles. The first-order valence-corrected chi connectivity index (χ1v) is 5.72. The van der Waals surface area contributed by atoms with Crippen LogP contribution in [0.25, 0.3) is 0 Å². The Balaban J connectivity index is 2.77. The van der Waals surface area contributed by atoms with Gasteiger partial charge in [0, 0.05) is 0 Å². The van der Waals surface area contributed by atoms with Crippen molar-refractivity contribution in [3.63, 3.8) is 0 Å². The Kier molecular flexibility index (Phi) is 3.93. The summed E-state index contributed by atoms with van der Waals surface area (Å²) in [6, 6.07) is 6.26. The Morgan fingerprint density at radius 1 is 1.27 bits per heavy atom. The first-order chi connectivity index (χ1) is 7.06. The van der Waals surface area contributed by atoms with Gasteiger partial charge in [-0.05, 0) is 19.1 Å². The van der Waals surface area contributed by atoms with Gasteiger partial charge in [-0.1, -0.05) is 22.9 Å². The van der Waals surface area contributed by atoms with Crippen LogP contribution < -0.4 is 0 Å². The highest BCUT2D eigenvalue weighted by Gasteiger charge is 2.14. The molecule has 0 saturated carbocycles. The number of nitroso groups, excluding NO2 is 1. The van der Waals surface area contributed by atoms with Gasteiger partial charge in [0.15, 0.2) is 0 Å². The summed E-state index contributed by atoms with van der Waals surface area (Å²) in [4.78, 5) is 9.83. The lowest BCUT2D eigenvalue weighted by atomic mass is 10.2. The molecule has 0 heterocycles. The molecule has 0 aliphatic heterocycles. The van der Waals surface area contributed by atoms with E-state index in [1.165, 1.54) is 12.1 Å². The van der Waals surface area contributed by atoms with Crippen LogP contribution in [0.2, 0.25) is 0 Å². The zero-order valence-electron chi connectivity index (χ0n) is 8.21. The monoisotopic (exact) mass is 229 g/mol. The van der Waals surface area contributed by atoms with Crippen LogP contribution in [0, 0.1) is 11.8 Å². The molecule has 0 N–H and O–H groups in total. The van der Waals surface area contributed by atoms with Crippen molar-refractivity contribution in [2.75, 3.05) is 13.2 Å². The van der Waals surface area contributed by atoms with Crippen molar-refractivity contribution in [2.24, 2.45) is 5.18 Å². The first kappa shape index (κ1) is 11.8. The van der Waals surface area contributed by atoms with Crippen molar-refractivity contribution < 1.29 is 12.6 Å². The highest BCUT2D eigenvalue weighted by Crippen LogP contribution is 2.12. The second-order valence-corrected chi connectivity index (χ2v) is 4.56. The molecule has 0 unspecified atom stereocenters. The average molecular weight is 229 g/mol. The lowest BCUT2D eigenvalue weighted by Crippen LogP contribution is -2.09. The second kappa shape index (κ2) is 4.99. The van der Waals surface area contributed by atoms with E-state index in [2.05, 4.69) is 9.36 Å². The van der Waals surface area contributed by atoms with E-state index in [4.69, 9.17) is 0 Å². The number of aryl methyl sites for hydroxylation is 1. The quantitative estimate of drug-likeness (QED) is 0.435. The van der Waals surface area contributed by atoms with E-state index in [0.29, 0.717) is 0 Å². The van der Waals surface area contributed by atoms with Crippen LogP contribution in [0.3, 0.4) is 0 Å². The summed E-state index contributed by atoms with van der Waals surface area (Å²) >= 11 is 0. The zero-order chi connectivity index (χ0) is 11.3. The van der Waals surface area contributed by atoms with Gasteiger partial charge in [0.25, 0.3) is 10.1 Å². The zero-order valence-corrected chi connectivity index (χ0v) is 9.03. The van der Waals surface area contributed by atoms with E-state index in [0.717, 1.165) is 5.56 Å². The van der Waals surface area contributed by atoms with Crippen molar-refractivity contribution >= 4 is 10.1 Å². The van der Waals surface area contributed by atoms with Crippen molar-refractivity contribution in [3.8, 4) is 0 Å². The molecule has 0 aromatic heterocycles. The molecule has 82 valence electrons. The maximum atomic E-state index is 11.5. The predicted molar refractivity (Wildman–Crippen MR) is 55.0 cm³/mol. The molecular weight excluding hydrogens is 218 g/mol. The third-order valence-electron chi connectivity index (χ3n) is 1.73. The Morgan fingerprint density at radius 2 is 1.87 bits per heavy atom. The maximum Gasteiger partial charge on any atom is 0.297 e. The molecule has 0 saturated heterocycles. The molecule has 0 aliphatic carbocycles. The van der Waals surface area contributed by atoms with E-state index < -0.39 is 10.1 Å². The number of hydrogen-bond donors (Lipinski definition) is 0. The summed E-state index contributed by atoms with van der Waals surface area (Å²) in [5.41, 5.74) is 0.962. The highest BCUT2D eigenvalue weighted by molar-refractivity contribution is 7.86. The minimum absolute atomic E-state index is 0.0824. The molecule has 0 radical (unpaired) electrons. The largest absolute Gasteiger partial charge is 0.297 e. The molecule has 0 fully saturated rings. The summed E-state index contributed by atoms with van der Waals surface area (Å²) in [5.74, 6) is 0. The van der Waals surface area contributed by atoms with Crippen LogP contribution >= 0.6 is 0 Å². The lowest BCUT2D eigenvalue weighted by molar-refractivity contribution is 0.327. The molecule has 0 bridgehead atoms. The summed E-state index contributed by atoms with van der Waals surface area (Å²) in [6.07, 6.45) is 0. The fourth-order valence-electron chi connectivity index (χ4n) is 0.957. The topological polar surface area (TPSA) is 72.8 Å². The van der Waals surface area contributed by atoms with Crippen molar-refractivity contribution in [1.82, 2.24) is 0 Å². The van der Waals surface area contributed by atoms with E-state index in [9.17, 15) is 13.3 Å². The maximum absolute atomic E-state index is 11.5. The van der Waals surface area contributed by atoms with Gasteiger partial charge in [-0.3, -0.25) is 4.18 Å². The molecule has 5 nitrogen and oxygen atoms in total. The minimum atomic E-state index is -3.75. The third-order valence-corrected chi connectivity index (χ3v) is 3.06. The van der Waals surface area contributed by atoms with Crippen molar-refractivity contribution in [3.05, 3.63) is 34.7 Å². The van der Waals surface area contributed by atoms with Gasteiger partial charge < -0.3 is 0 Å². The molecule has 6 heteroatoms. The van der Waals surface area contributed by atoms with E-state index >= 15 is 0 Å². The van der Waals surface area contributed by atoms with Crippen molar-refractivity contribution in [1.29, 1.82) is 0 Å². The van der Waals surface area contributed by atoms with E-state index in [1.807, 2.05) is 6.92 Å². The number of benzene rings is 1. The highest BCUT2D eigenvalue weighted by atomic mass is 32.2. The number of hydrogen-bond acceptors (Lipinski definition) is 5. The van der Waals surface area contributed by atoms with Gasteiger partial charge in [-0.25, -0.2) is 0 Å². The van der Waals surface area contributed by atoms with Gasteiger partial charge >= 0.3 is 0 Å². The standard InChI is InChI=1S/C9H11NO4S/c1-8-2-4-9(5-3-8)15(12,13)14-7-6-10-11/h2-5H,6-7H2,1H3. The minimum Gasteiger partial charge on any atom is -0.264 e. The molecule has 0 aliphatic rings. The molecule has 1 rings (SSSR count). The summed E-state index contributed by atoms with van der Waals surface area (Å²) in [7, 11) is -3.75. The SMILES string of the molecule is Cc1ccc(S(=O)(=O)OCCN=O)cc1. The Morgan fingerprint density at radius 3 is 2.40 bits per heavy atom. The Hall–Kier alpha value is -1.27. The molecular formula is C9H11NO4S. The molecule has 0 spiro atoms. The smallest absolute Gasteiger partial charge is 0.264 e. The van der Waals surface area contributed by atoms with E-state index in [1.54, 1.807) is 12.1 Å². The molecule has 0 amide bonds. The predicted octanol–water partition coefficient (Wildman–Crippen LogP) is 1.47. The van der Waals surface area contributed by atoms with Gasteiger partial charge in [0.2, 0.25) is 0 Å². The molecule has 0 atom stereocenters. The van der Waals surface area contributed by atoms with Gasteiger partial charge in [0.1, 0.15) is 6.54 Å². The Labute approximate surface area is 88.2 Å². The van der Waals surface area contributed by atoms with Gasteiger partial charge in [0.05, 0.1) is 11.5 Å². The first-order valence-electron chi connectivity index (χ1n) is 4.31. The van der Waals surface area contributed by atoms with E-state index in [-0.39, 0.29) is 18.0 Å².